The normalized spacial score (nSPS) is 11.2. The Hall–Kier alpha value is -0.650. The van der Waals surface area contributed by atoms with Gasteiger partial charge >= 0.3 is 5.97 Å². The van der Waals surface area contributed by atoms with E-state index in [4.69, 9.17) is 15.1 Å². The highest BCUT2D eigenvalue weighted by Gasteiger charge is 2.10. The molecule has 0 aliphatic rings. The van der Waals surface area contributed by atoms with Crippen LogP contribution in [0.1, 0.15) is 90.4 Å². The zero-order valence-electron chi connectivity index (χ0n) is 15.7. The lowest BCUT2D eigenvalue weighted by Crippen LogP contribution is -2.32. The number of hydrogen-bond donors (Lipinski definition) is 2. The predicted octanol–water partition coefficient (Wildman–Crippen LogP) is 3.82. The second-order valence-corrected chi connectivity index (χ2v) is 6.48. The minimum atomic E-state index is -0.274. The quantitative estimate of drug-likeness (QED) is 0.292. The van der Waals surface area contributed by atoms with Gasteiger partial charge in [0.1, 0.15) is 0 Å². The van der Waals surface area contributed by atoms with E-state index in [9.17, 15) is 4.79 Å². The molecule has 5 heteroatoms. The van der Waals surface area contributed by atoms with Crippen LogP contribution >= 0.6 is 0 Å². The van der Waals surface area contributed by atoms with Crippen molar-refractivity contribution in [2.45, 2.75) is 90.4 Å². The summed E-state index contributed by atoms with van der Waals surface area (Å²) >= 11 is 0. The standard InChI is InChI=1S/C19H39NO4/c1-2-3-4-5-6-7-8-9-10-11-12-13-14-19(23)24-20(15-17-21)16-18-22/h21-22H,2-18H2,1H3. The fourth-order valence-corrected chi connectivity index (χ4v) is 2.73. The highest BCUT2D eigenvalue weighted by molar-refractivity contribution is 5.68. The van der Waals surface area contributed by atoms with Gasteiger partial charge in [0, 0.05) is 6.42 Å². The number of aliphatic hydroxyl groups is 2. The molecular formula is C19H39NO4. The Morgan fingerprint density at radius 3 is 1.58 bits per heavy atom. The van der Waals surface area contributed by atoms with E-state index < -0.39 is 0 Å². The number of carbonyl (C=O) groups is 1. The molecule has 0 aliphatic heterocycles. The maximum absolute atomic E-state index is 11.7. The van der Waals surface area contributed by atoms with Gasteiger partial charge < -0.3 is 15.1 Å². The minimum absolute atomic E-state index is 0.0914. The molecule has 144 valence electrons. The van der Waals surface area contributed by atoms with Gasteiger partial charge in [-0.25, -0.2) is 0 Å². The Kier molecular flexibility index (Phi) is 18.2. The van der Waals surface area contributed by atoms with Crippen molar-refractivity contribution < 1.29 is 19.8 Å². The third kappa shape index (κ3) is 16.2. The Morgan fingerprint density at radius 2 is 1.17 bits per heavy atom. The van der Waals surface area contributed by atoms with Gasteiger partial charge in [-0.05, 0) is 6.42 Å². The lowest BCUT2D eigenvalue weighted by Gasteiger charge is -2.18. The van der Waals surface area contributed by atoms with Crippen LogP contribution in [0.25, 0.3) is 0 Å². The maximum atomic E-state index is 11.7. The number of rotatable bonds is 18. The van der Waals surface area contributed by atoms with E-state index in [1.807, 2.05) is 0 Å². The minimum Gasteiger partial charge on any atom is -0.395 e. The third-order valence-electron chi connectivity index (χ3n) is 4.16. The Labute approximate surface area is 148 Å². The number of hydroxylamine groups is 2. The largest absolute Gasteiger partial charge is 0.395 e. The summed E-state index contributed by atoms with van der Waals surface area (Å²) in [5, 5.41) is 19.0. The molecule has 0 spiro atoms. The topological polar surface area (TPSA) is 70.0 Å². The van der Waals surface area contributed by atoms with E-state index in [0.29, 0.717) is 6.42 Å². The Balaban J connectivity index is 3.35. The zero-order valence-corrected chi connectivity index (χ0v) is 15.7. The molecule has 0 aliphatic carbocycles. The average molecular weight is 346 g/mol. The van der Waals surface area contributed by atoms with Crippen molar-refractivity contribution in [3.8, 4) is 0 Å². The van der Waals surface area contributed by atoms with Crippen LogP contribution < -0.4 is 0 Å². The molecule has 0 aromatic carbocycles. The van der Waals surface area contributed by atoms with E-state index in [0.717, 1.165) is 12.8 Å². The van der Waals surface area contributed by atoms with Crippen LogP contribution in [0.5, 0.6) is 0 Å². The van der Waals surface area contributed by atoms with Crippen LogP contribution in [-0.4, -0.2) is 47.5 Å². The second-order valence-electron chi connectivity index (χ2n) is 6.48. The lowest BCUT2D eigenvalue weighted by atomic mass is 10.0. The summed E-state index contributed by atoms with van der Waals surface area (Å²) in [6, 6.07) is 0. The second kappa shape index (κ2) is 18.7. The van der Waals surface area contributed by atoms with Crippen molar-refractivity contribution in [2.24, 2.45) is 0 Å². The first kappa shape index (κ1) is 23.4. The lowest BCUT2D eigenvalue weighted by molar-refractivity contribution is -0.194. The highest BCUT2D eigenvalue weighted by Crippen LogP contribution is 2.12. The molecule has 24 heavy (non-hydrogen) atoms. The molecule has 0 bridgehead atoms. The van der Waals surface area contributed by atoms with Gasteiger partial charge in [0.2, 0.25) is 0 Å². The van der Waals surface area contributed by atoms with Crippen molar-refractivity contribution in [3.05, 3.63) is 0 Å². The fourth-order valence-electron chi connectivity index (χ4n) is 2.73. The first-order chi connectivity index (χ1) is 11.7. The van der Waals surface area contributed by atoms with E-state index in [1.54, 1.807) is 0 Å². The summed E-state index contributed by atoms with van der Waals surface area (Å²) < 4.78 is 0. The number of carbonyl (C=O) groups excluding carboxylic acids is 1. The Bertz CT molecular complexity index is 268. The van der Waals surface area contributed by atoms with Gasteiger partial charge in [0.15, 0.2) is 0 Å². The maximum Gasteiger partial charge on any atom is 0.325 e. The van der Waals surface area contributed by atoms with Gasteiger partial charge in [0.05, 0.1) is 26.3 Å². The summed E-state index contributed by atoms with van der Waals surface area (Å²) in [6.07, 6.45) is 15.6. The molecule has 0 atom stereocenters. The molecule has 0 saturated heterocycles. The van der Waals surface area contributed by atoms with Crippen molar-refractivity contribution in [3.63, 3.8) is 0 Å². The summed E-state index contributed by atoms with van der Waals surface area (Å²) in [5.41, 5.74) is 0. The van der Waals surface area contributed by atoms with E-state index in [2.05, 4.69) is 6.92 Å². The predicted molar refractivity (Wildman–Crippen MR) is 97.5 cm³/mol. The SMILES string of the molecule is CCCCCCCCCCCCCCC(=O)ON(CCO)CCO. The summed E-state index contributed by atoms with van der Waals surface area (Å²) in [5.74, 6) is -0.274. The molecular weight excluding hydrogens is 306 g/mol. The number of hydrogen-bond acceptors (Lipinski definition) is 5. The third-order valence-corrected chi connectivity index (χ3v) is 4.16. The molecule has 0 aromatic rings. The van der Waals surface area contributed by atoms with Crippen LogP contribution in [0, 0.1) is 0 Å². The number of aliphatic hydroxyl groups excluding tert-OH is 2. The van der Waals surface area contributed by atoms with Crippen LogP contribution in [0.4, 0.5) is 0 Å². The molecule has 5 nitrogen and oxygen atoms in total. The first-order valence-electron chi connectivity index (χ1n) is 9.92. The van der Waals surface area contributed by atoms with Gasteiger partial charge in [0.25, 0.3) is 0 Å². The van der Waals surface area contributed by atoms with Gasteiger partial charge in [-0.15, -0.1) is 5.06 Å². The van der Waals surface area contributed by atoms with E-state index in [-0.39, 0.29) is 32.3 Å². The average Bonchev–Trinajstić information content (AvgIpc) is 2.56. The molecule has 0 saturated carbocycles. The monoisotopic (exact) mass is 345 g/mol. The van der Waals surface area contributed by atoms with E-state index in [1.165, 1.54) is 69.3 Å². The smallest absolute Gasteiger partial charge is 0.325 e. The van der Waals surface area contributed by atoms with Gasteiger partial charge in [-0.1, -0.05) is 77.6 Å². The summed E-state index contributed by atoms with van der Waals surface area (Å²) in [4.78, 5) is 16.8. The fraction of sp³-hybridized carbons (Fsp3) is 0.947. The van der Waals surface area contributed by atoms with Crippen molar-refractivity contribution in [1.29, 1.82) is 0 Å². The van der Waals surface area contributed by atoms with E-state index >= 15 is 0 Å². The molecule has 0 fully saturated rings. The van der Waals surface area contributed by atoms with Crippen molar-refractivity contribution in [1.82, 2.24) is 5.06 Å². The molecule has 0 rings (SSSR count). The Morgan fingerprint density at radius 1 is 0.750 bits per heavy atom. The van der Waals surface area contributed by atoms with Crippen molar-refractivity contribution in [2.75, 3.05) is 26.3 Å². The zero-order chi connectivity index (χ0) is 17.9. The number of unbranched alkanes of at least 4 members (excludes halogenated alkanes) is 11. The molecule has 0 heterocycles. The molecule has 0 radical (unpaired) electrons. The summed E-state index contributed by atoms with van der Waals surface area (Å²) in [6.45, 7) is 2.55. The van der Waals surface area contributed by atoms with Gasteiger partial charge in [-0.2, -0.15) is 0 Å². The van der Waals surface area contributed by atoms with Crippen LogP contribution in [-0.2, 0) is 9.63 Å². The molecule has 0 amide bonds. The highest BCUT2D eigenvalue weighted by atomic mass is 16.7. The molecule has 2 N–H and O–H groups in total. The van der Waals surface area contributed by atoms with Crippen LogP contribution in [0.15, 0.2) is 0 Å². The molecule has 0 aromatic heterocycles. The van der Waals surface area contributed by atoms with Crippen LogP contribution in [0.2, 0.25) is 0 Å². The summed E-state index contributed by atoms with van der Waals surface area (Å²) in [7, 11) is 0. The van der Waals surface area contributed by atoms with Crippen LogP contribution in [0.3, 0.4) is 0 Å². The first-order valence-corrected chi connectivity index (χ1v) is 9.92. The van der Waals surface area contributed by atoms with Gasteiger partial charge in [-0.3, -0.25) is 4.79 Å². The molecule has 0 unspecified atom stereocenters. The number of nitrogens with zero attached hydrogens (tertiary/aromatic N) is 1. The van der Waals surface area contributed by atoms with Crippen molar-refractivity contribution >= 4 is 5.97 Å².